The Morgan fingerprint density at radius 2 is 2.19 bits per heavy atom. The van der Waals surface area contributed by atoms with E-state index >= 15 is 0 Å². The van der Waals surface area contributed by atoms with Crippen molar-refractivity contribution in [2.75, 3.05) is 11.9 Å². The molecule has 0 radical (unpaired) electrons. The number of hydrogen-bond acceptors (Lipinski definition) is 5. The number of hydrogen-bond donors (Lipinski definition) is 2. The van der Waals surface area contributed by atoms with Crippen LogP contribution in [0.1, 0.15) is 23.9 Å². The highest BCUT2D eigenvalue weighted by Gasteiger charge is 2.12. The number of rotatable bonds is 7. The van der Waals surface area contributed by atoms with Crippen molar-refractivity contribution in [2.24, 2.45) is 0 Å². The number of carbonyl (C=O) groups is 1. The molecular formula is C15H18N2O3S. The molecule has 1 aromatic carbocycles. The highest BCUT2D eigenvalue weighted by atomic mass is 32.1. The number of carboxylic acids is 1. The van der Waals surface area contributed by atoms with Crippen LogP contribution in [0.5, 0.6) is 5.75 Å². The maximum atomic E-state index is 10.8. The van der Waals surface area contributed by atoms with Gasteiger partial charge < -0.3 is 15.2 Å². The fraction of sp³-hybridized carbons (Fsp3) is 0.333. The number of anilines is 2. The highest BCUT2D eigenvalue weighted by Crippen LogP contribution is 2.31. The number of aliphatic carboxylic acids is 1. The number of aromatic nitrogens is 1. The zero-order valence-corrected chi connectivity index (χ0v) is 12.9. The van der Waals surface area contributed by atoms with Gasteiger partial charge in [0, 0.05) is 4.88 Å². The number of benzene rings is 1. The van der Waals surface area contributed by atoms with Crippen LogP contribution < -0.4 is 10.1 Å². The van der Waals surface area contributed by atoms with Gasteiger partial charge in [-0.25, -0.2) is 4.98 Å². The summed E-state index contributed by atoms with van der Waals surface area (Å²) in [5, 5.41) is 12.8. The number of thiazole rings is 1. The fourth-order valence-electron chi connectivity index (χ4n) is 1.81. The molecule has 0 unspecified atom stereocenters. The number of carboxylic acid groups (broad SMARTS) is 1. The summed E-state index contributed by atoms with van der Waals surface area (Å²) in [5.41, 5.74) is 1.58. The smallest absolute Gasteiger partial charge is 0.308 e. The molecule has 6 heteroatoms. The topological polar surface area (TPSA) is 71.5 Å². The molecule has 0 aliphatic rings. The van der Waals surface area contributed by atoms with E-state index in [9.17, 15) is 4.79 Å². The maximum absolute atomic E-state index is 10.8. The van der Waals surface area contributed by atoms with E-state index in [2.05, 4.69) is 17.2 Å². The molecule has 112 valence electrons. The Balaban J connectivity index is 2.16. The van der Waals surface area contributed by atoms with Gasteiger partial charge in [-0.2, -0.15) is 0 Å². The molecule has 0 amide bonds. The second-order valence-electron chi connectivity index (χ2n) is 4.57. The number of aryl methyl sites for hydroxylation is 1. The lowest BCUT2D eigenvalue weighted by atomic mass is 10.3. The third kappa shape index (κ3) is 4.19. The average molecular weight is 306 g/mol. The predicted molar refractivity (Wildman–Crippen MR) is 83.7 cm³/mol. The summed E-state index contributed by atoms with van der Waals surface area (Å²) >= 11 is 1.36. The average Bonchev–Trinajstić information content (AvgIpc) is 2.77. The molecular weight excluding hydrogens is 288 g/mol. The van der Waals surface area contributed by atoms with E-state index in [-0.39, 0.29) is 6.42 Å². The van der Waals surface area contributed by atoms with Gasteiger partial charge in [0.2, 0.25) is 0 Å². The zero-order chi connectivity index (χ0) is 15.2. The van der Waals surface area contributed by atoms with Crippen LogP contribution in [0.4, 0.5) is 10.8 Å². The molecule has 0 saturated heterocycles. The summed E-state index contributed by atoms with van der Waals surface area (Å²) in [7, 11) is 0. The predicted octanol–water partition coefficient (Wildman–Crippen LogP) is 3.61. The summed E-state index contributed by atoms with van der Waals surface area (Å²) in [6.45, 7) is 4.53. The maximum Gasteiger partial charge on any atom is 0.308 e. The first kappa shape index (κ1) is 15.3. The van der Waals surface area contributed by atoms with E-state index in [4.69, 9.17) is 9.84 Å². The van der Waals surface area contributed by atoms with Crippen LogP contribution in [0, 0.1) is 6.92 Å². The Morgan fingerprint density at radius 1 is 1.43 bits per heavy atom. The van der Waals surface area contributed by atoms with Crippen LogP contribution in [0.15, 0.2) is 24.3 Å². The first-order valence-corrected chi connectivity index (χ1v) is 7.58. The van der Waals surface area contributed by atoms with Gasteiger partial charge in [0.15, 0.2) is 5.13 Å². The van der Waals surface area contributed by atoms with Gasteiger partial charge >= 0.3 is 5.97 Å². The van der Waals surface area contributed by atoms with Crippen LogP contribution in [-0.4, -0.2) is 22.7 Å². The lowest BCUT2D eigenvalue weighted by Crippen LogP contribution is -1.99. The Morgan fingerprint density at radius 3 is 2.90 bits per heavy atom. The quantitative estimate of drug-likeness (QED) is 0.817. The summed E-state index contributed by atoms with van der Waals surface area (Å²) < 4.78 is 5.68. The third-order valence-corrected chi connectivity index (χ3v) is 3.87. The van der Waals surface area contributed by atoms with E-state index in [1.807, 2.05) is 31.2 Å². The summed E-state index contributed by atoms with van der Waals surface area (Å²) in [6.07, 6.45) is 0.937. The number of ether oxygens (including phenoxy) is 1. The lowest BCUT2D eigenvalue weighted by Gasteiger charge is -2.10. The van der Waals surface area contributed by atoms with Gasteiger partial charge in [0.1, 0.15) is 5.75 Å². The van der Waals surface area contributed by atoms with Crippen LogP contribution in [0.2, 0.25) is 0 Å². The molecule has 0 aliphatic carbocycles. The molecule has 0 saturated carbocycles. The molecule has 0 fully saturated rings. The minimum Gasteiger partial charge on any atom is -0.491 e. The molecule has 2 rings (SSSR count). The fourth-order valence-corrected chi connectivity index (χ4v) is 2.77. The SMILES string of the molecule is CCCOc1ccccc1Nc1nc(C)c(CC(=O)O)s1. The van der Waals surface area contributed by atoms with Gasteiger partial charge in [0.25, 0.3) is 0 Å². The van der Waals surface area contributed by atoms with E-state index in [1.54, 1.807) is 0 Å². The van der Waals surface area contributed by atoms with Crippen LogP contribution in [0.25, 0.3) is 0 Å². The Kier molecular flexibility index (Phi) is 5.16. The van der Waals surface area contributed by atoms with Crippen LogP contribution in [-0.2, 0) is 11.2 Å². The zero-order valence-electron chi connectivity index (χ0n) is 12.0. The first-order valence-electron chi connectivity index (χ1n) is 6.77. The van der Waals surface area contributed by atoms with Crippen molar-refractivity contribution in [3.05, 3.63) is 34.8 Å². The van der Waals surface area contributed by atoms with Gasteiger partial charge in [-0.3, -0.25) is 4.79 Å². The van der Waals surface area contributed by atoms with Gasteiger partial charge in [-0.05, 0) is 25.5 Å². The first-order chi connectivity index (χ1) is 10.1. The minimum absolute atomic E-state index is 0.000832. The lowest BCUT2D eigenvalue weighted by molar-refractivity contribution is -0.136. The molecule has 1 heterocycles. The molecule has 0 bridgehead atoms. The van der Waals surface area contributed by atoms with Crippen molar-refractivity contribution in [1.29, 1.82) is 0 Å². The molecule has 1 aromatic heterocycles. The Hall–Kier alpha value is -2.08. The van der Waals surface area contributed by atoms with Crippen LogP contribution in [0.3, 0.4) is 0 Å². The molecule has 0 spiro atoms. The molecule has 5 nitrogen and oxygen atoms in total. The van der Waals surface area contributed by atoms with Crippen molar-refractivity contribution < 1.29 is 14.6 Å². The third-order valence-electron chi connectivity index (χ3n) is 2.79. The van der Waals surface area contributed by atoms with Crippen molar-refractivity contribution in [3.8, 4) is 5.75 Å². The summed E-state index contributed by atoms with van der Waals surface area (Å²) in [6, 6.07) is 7.65. The molecule has 2 aromatic rings. The second kappa shape index (κ2) is 7.08. The van der Waals surface area contributed by atoms with Gasteiger partial charge in [-0.15, -0.1) is 11.3 Å². The van der Waals surface area contributed by atoms with Gasteiger partial charge in [-0.1, -0.05) is 19.1 Å². The summed E-state index contributed by atoms with van der Waals surface area (Å²) in [4.78, 5) is 15.9. The van der Waals surface area contributed by atoms with Crippen molar-refractivity contribution in [2.45, 2.75) is 26.7 Å². The Bertz CT molecular complexity index is 625. The second-order valence-corrected chi connectivity index (χ2v) is 5.65. The van der Waals surface area contributed by atoms with Crippen LogP contribution >= 0.6 is 11.3 Å². The van der Waals surface area contributed by atoms with Crippen molar-refractivity contribution in [3.63, 3.8) is 0 Å². The van der Waals surface area contributed by atoms with E-state index in [0.717, 1.165) is 28.4 Å². The van der Waals surface area contributed by atoms with E-state index in [1.165, 1.54) is 11.3 Å². The number of para-hydroxylation sites is 2. The van der Waals surface area contributed by atoms with E-state index < -0.39 is 5.97 Å². The molecule has 0 atom stereocenters. The Labute approximate surface area is 127 Å². The van der Waals surface area contributed by atoms with Crippen molar-refractivity contribution >= 4 is 28.1 Å². The number of nitrogens with zero attached hydrogens (tertiary/aromatic N) is 1. The molecule has 0 aliphatic heterocycles. The number of nitrogens with one attached hydrogen (secondary N) is 1. The highest BCUT2D eigenvalue weighted by molar-refractivity contribution is 7.15. The largest absolute Gasteiger partial charge is 0.491 e. The molecule has 2 N–H and O–H groups in total. The monoisotopic (exact) mass is 306 g/mol. The standard InChI is InChI=1S/C15H18N2O3S/c1-3-8-20-12-7-5-4-6-11(12)17-15-16-10(2)13(21-15)9-14(18)19/h4-7H,3,8-9H2,1-2H3,(H,16,17)(H,18,19). The van der Waals surface area contributed by atoms with Crippen molar-refractivity contribution in [1.82, 2.24) is 4.98 Å². The van der Waals surface area contributed by atoms with Gasteiger partial charge in [0.05, 0.1) is 24.4 Å². The molecule has 21 heavy (non-hydrogen) atoms. The van der Waals surface area contributed by atoms with E-state index in [0.29, 0.717) is 11.7 Å². The minimum atomic E-state index is -0.847. The normalized spacial score (nSPS) is 10.4. The summed E-state index contributed by atoms with van der Waals surface area (Å²) in [5.74, 6) is -0.0769.